The predicted molar refractivity (Wildman–Crippen MR) is 43.7 cm³/mol. The molecule has 0 aromatic carbocycles. The van der Waals surface area contributed by atoms with Gasteiger partial charge in [0.1, 0.15) is 5.76 Å². The van der Waals surface area contributed by atoms with E-state index in [0.29, 0.717) is 11.8 Å². The highest BCUT2D eigenvalue weighted by Crippen LogP contribution is 2.47. The quantitative estimate of drug-likeness (QED) is 0.739. The first-order chi connectivity index (χ1) is 5.27. The standard InChI is InChI=1S/C8H10ClNO/c9-7-2-1-6(11-7)8(5-10)3-4-8/h1-2H,3-5,10H2. The van der Waals surface area contributed by atoms with Gasteiger partial charge in [0, 0.05) is 12.0 Å². The number of furan rings is 1. The fraction of sp³-hybridized carbons (Fsp3) is 0.500. The molecule has 0 amide bonds. The fourth-order valence-corrected chi connectivity index (χ4v) is 1.45. The molecule has 1 saturated carbocycles. The van der Waals surface area contributed by atoms with Gasteiger partial charge in [0.25, 0.3) is 0 Å². The molecule has 0 saturated heterocycles. The summed E-state index contributed by atoms with van der Waals surface area (Å²) in [7, 11) is 0. The zero-order chi connectivity index (χ0) is 7.90. The van der Waals surface area contributed by atoms with Crippen LogP contribution in [0.4, 0.5) is 0 Å². The molecule has 0 spiro atoms. The Bertz CT molecular complexity index is 265. The van der Waals surface area contributed by atoms with Gasteiger partial charge in [-0.05, 0) is 36.6 Å². The number of hydrogen-bond acceptors (Lipinski definition) is 2. The van der Waals surface area contributed by atoms with E-state index in [9.17, 15) is 0 Å². The maximum Gasteiger partial charge on any atom is 0.193 e. The van der Waals surface area contributed by atoms with Crippen LogP contribution in [-0.4, -0.2) is 6.54 Å². The molecule has 0 bridgehead atoms. The molecule has 1 aromatic heterocycles. The van der Waals surface area contributed by atoms with Crippen molar-refractivity contribution in [2.45, 2.75) is 18.3 Å². The lowest BCUT2D eigenvalue weighted by Gasteiger charge is -2.06. The molecule has 11 heavy (non-hydrogen) atoms. The Morgan fingerprint density at radius 2 is 2.27 bits per heavy atom. The number of hydrogen-bond donors (Lipinski definition) is 1. The molecule has 1 aliphatic carbocycles. The first-order valence-electron chi connectivity index (χ1n) is 3.73. The third kappa shape index (κ3) is 1.06. The maximum absolute atomic E-state index is 5.64. The monoisotopic (exact) mass is 171 g/mol. The molecular formula is C8H10ClNO. The van der Waals surface area contributed by atoms with E-state index in [1.807, 2.05) is 6.07 Å². The van der Waals surface area contributed by atoms with Gasteiger partial charge in [-0.25, -0.2) is 0 Å². The normalized spacial score (nSPS) is 20.2. The Labute approximate surface area is 70.3 Å². The van der Waals surface area contributed by atoms with Gasteiger partial charge in [0.15, 0.2) is 5.22 Å². The van der Waals surface area contributed by atoms with Crippen LogP contribution in [0.25, 0.3) is 0 Å². The molecule has 1 aromatic rings. The molecule has 0 radical (unpaired) electrons. The summed E-state index contributed by atoms with van der Waals surface area (Å²) in [5.74, 6) is 0.949. The van der Waals surface area contributed by atoms with Crippen LogP contribution in [0.1, 0.15) is 18.6 Å². The van der Waals surface area contributed by atoms with Crippen molar-refractivity contribution in [3.05, 3.63) is 23.1 Å². The molecular weight excluding hydrogens is 162 g/mol. The van der Waals surface area contributed by atoms with Crippen LogP contribution in [0, 0.1) is 0 Å². The van der Waals surface area contributed by atoms with E-state index < -0.39 is 0 Å². The predicted octanol–water partition coefficient (Wildman–Crippen LogP) is 1.92. The SMILES string of the molecule is NCC1(c2ccc(Cl)o2)CC1. The van der Waals surface area contributed by atoms with E-state index in [1.165, 1.54) is 0 Å². The van der Waals surface area contributed by atoms with Gasteiger partial charge in [-0.1, -0.05) is 0 Å². The second-order valence-corrected chi connectivity index (χ2v) is 3.46. The number of halogens is 1. The highest BCUT2D eigenvalue weighted by Gasteiger charge is 2.45. The fourth-order valence-electron chi connectivity index (χ4n) is 1.30. The number of nitrogens with two attached hydrogens (primary N) is 1. The summed E-state index contributed by atoms with van der Waals surface area (Å²) in [6.45, 7) is 0.664. The zero-order valence-electron chi connectivity index (χ0n) is 6.14. The maximum atomic E-state index is 5.64. The summed E-state index contributed by atoms with van der Waals surface area (Å²) >= 11 is 5.64. The molecule has 2 N–H and O–H groups in total. The molecule has 1 aliphatic rings. The van der Waals surface area contributed by atoms with Crippen LogP contribution in [0.2, 0.25) is 5.22 Å². The Kier molecular flexibility index (Phi) is 1.48. The molecule has 0 aliphatic heterocycles. The lowest BCUT2D eigenvalue weighted by atomic mass is 10.1. The van der Waals surface area contributed by atoms with Crippen molar-refractivity contribution in [2.75, 3.05) is 6.54 Å². The van der Waals surface area contributed by atoms with Gasteiger partial charge in [0.05, 0.1) is 0 Å². The third-order valence-corrected chi connectivity index (χ3v) is 2.54. The van der Waals surface area contributed by atoms with E-state index in [1.54, 1.807) is 6.07 Å². The van der Waals surface area contributed by atoms with Crippen molar-refractivity contribution in [1.82, 2.24) is 0 Å². The van der Waals surface area contributed by atoms with Gasteiger partial charge in [0.2, 0.25) is 0 Å². The molecule has 1 fully saturated rings. The molecule has 0 atom stereocenters. The molecule has 3 heteroatoms. The Balaban J connectivity index is 2.29. The van der Waals surface area contributed by atoms with Gasteiger partial charge in [-0.2, -0.15) is 0 Å². The average Bonchev–Trinajstić information content (AvgIpc) is 2.70. The van der Waals surface area contributed by atoms with Crippen LogP contribution >= 0.6 is 11.6 Å². The highest BCUT2D eigenvalue weighted by atomic mass is 35.5. The van der Waals surface area contributed by atoms with Crippen molar-refractivity contribution in [3.8, 4) is 0 Å². The summed E-state index contributed by atoms with van der Waals surface area (Å²) < 4.78 is 5.29. The van der Waals surface area contributed by atoms with Crippen molar-refractivity contribution in [1.29, 1.82) is 0 Å². The molecule has 2 rings (SSSR count). The first-order valence-corrected chi connectivity index (χ1v) is 4.10. The average molecular weight is 172 g/mol. The van der Waals surface area contributed by atoms with Crippen LogP contribution in [-0.2, 0) is 5.41 Å². The van der Waals surface area contributed by atoms with Crippen LogP contribution in [0.3, 0.4) is 0 Å². The van der Waals surface area contributed by atoms with E-state index in [2.05, 4.69) is 0 Å². The van der Waals surface area contributed by atoms with E-state index >= 15 is 0 Å². The lowest BCUT2D eigenvalue weighted by Crippen LogP contribution is -2.18. The molecule has 1 heterocycles. The Morgan fingerprint density at radius 3 is 2.64 bits per heavy atom. The molecule has 2 nitrogen and oxygen atoms in total. The summed E-state index contributed by atoms with van der Waals surface area (Å²) in [5, 5.41) is 0.458. The second-order valence-electron chi connectivity index (χ2n) is 3.09. The van der Waals surface area contributed by atoms with Gasteiger partial charge in [-0.15, -0.1) is 0 Å². The van der Waals surface area contributed by atoms with Crippen molar-refractivity contribution in [3.63, 3.8) is 0 Å². The van der Waals surface area contributed by atoms with Gasteiger partial charge in [-0.3, -0.25) is 0 Å². The summed E-state index contributed by atoms with van der Waals surface area (Å²) in [6.07, 6.45) is 2.26. The third-order valence-electron chi connectivity index (χ3n) is 2.34. The highest BCUT2D eigenvalue weighted by molar-refractivity contribution is 6.28. The second kappa shape index (κ2) is 2.26. The summed E-state index contributed by atoms with van der Waals surface area (Å²) in [5.41, 5.74) is 5.74. The van der Waals surface area contributed by atoms with Crippen LogP contribution in [0.5, 0.6) is 0 Å². The Hall–Kier alpha value is -0.470. The van der Waals surface area contributed by atoms with Crippen molar-refractivity contribution >= 4 is 11.6 Å². The van der Waals surface area contributed by atoms with Crippen molar-refractivity contribution in [2.24, 2.45) is 5.73 Å². The zero-order valence-corrected chi connectivity index (χ0v) is 6.90. The van der Waals surface area contributed by atoms with Crippen LogP contribution < -0.4 is 5.73 Å². The summed E-state index contributed by atoms with van der Waals surface area (Å²) in [4.78, 5) is 0. The molecule has 60 valence electrons. The topological polar surface area (TPSA) is 39.2 Å². The van der Waals surface area contributed by atoms with E-state index in [0.717, 1.165) is 18.6 Å². The summed E-state index contributed by atoms with van der Waals surface area (Å²) in [6, 6.07) is 3.69. The van der Waals surface area contributed by atoms with Gasteiger partial charge < -0.3 is 10.2 Å². The van der Waals surface area contributed by atoms with Crippen molar-refractivity contribution < 1.29 is 4.42 Å². The minimum Gasteiger partial charge on any atom is -0.449 e. The molecule has 0 unspecified atom stereocenters. The first kappa shape index (κ1) is 7.19. The largest absolute Gasteiger partial charge is 0.449 e. The minimum absolute atomic E-state index is 0.132. The smallest absolute Gasteiger partial charge is 0.193 e. The van der Waals surface area contributed by atoms with Gasteiger partial charge >= 0.3 is 0 Å². The van der Waals surface area contributed by atoms with E-state index in [4.69, 9.17) is 21.8 Å². The number of rotatable bonds is 2. The van der Waals surface area contributed by atoms with Crippen LogP contribution in [0.15, 0.2) is 16.5 Å². The lowest BCUT2D eigenvalue weighted by molar-refractivity contribution is 0.456. The Morgan fingerprint density at radius 1 is 1.55 bits per heavy atom. The van der Waals surface area contributed by atoms with E-state index in [-0.39, 0.29) is 5.41 Å². The minimum atomic E-state index is 0.132.